The number of carbonyl (C=O) groups is 2. The van der Waals surface area contributed by atoms with E-state index < -0.39 is 0 Å². The van der Waals surface area contributed by atoms with Gasteiger partial charge in [-0.3, -0.25) is 9.59 Å². The van der Waals surface area contributed by atoms with Gasteiger partial charge < -0.3 is 5.32 Å². The van der Waals surface area contributed by atoms with Crippen LogP contribution in [0.25, 0.3) is 11.1 Å². The molecule has 3 rings (SSSR count). The number of hydrogen-bond acceptors (Lipinski definition) is 3. The quantitative estimate of drug-likeness (QED) is 0.612. The van der Waals surface area contributed by atoms with Crippen molar-refractivity contribution in [3.8, 4) is 11.1 Å². The van der Waals surface area contributed by atoms with Crippen LogP contribution in [0.3, 0.4) is 0 Å². The van der Waals surface area contributed by atoms with Crippen molar-refractivity contribution in [2.75, 3.05) is 5.32 Å². The van der Waals surface area contributed by atoms with Crippen LogP contribution in [0.1, 0.15) is 27.4 Å². The molecule has 2 aromatic carbocycles. The maximum absolute atomic E-state index is 12.3. The first kappa shape index (κ1) is 17.1. The Labute approximate surface area is 151 Å². The maximum atomic E-state index is 12.3. The monoisotopic (exact) mass is 349 g/mol. The second-order valence-electron chi connectivity index (χ2n) is 5.79. The van der Waals surface area contributed by atoms with Crippen LogP contribution in [-0.2, 0) is 4.79 Å². The lowest BCUT2D eigenvalue weighted by atomic mass is 10.0. The van der Waals surface area contributed by atoms with Crippen LogP contribution >= 0.6 is 11.3 Å². The largest absolute Gasteiger partial charge is 0.326 e. The minimum Gasteiger partial charge on any atom is -0.326 e. The van der Waals surface area contributed by atoms with Crippen LogP contribution < -0.4 is 5.32 Å². The minimum absolute atomic E-state index is 0.0181. The van der Waals surface area contributed by atoms with E-state index >= 15 is 0 Å². The molecular formula is C21H19NO2S. The number of benzene rings is 2. The fourth-order valence-electron chi connectivity index (χ4n) is 2.61. The fourth-order valence-corrected chi connectivity index (χ4v) is 3.44. The Morgan fingerprint density at radius 1 is 0.880 bits per heavy atom. The number of thiophene rings is 1. The lowest BCUT2D eigenvalue weighted by Gasteiger charge is -2.11. The number of aryl methyl sites for hydroxylation is 1. The van der Waals surface area contributed by atoms with Gasteiger partial charge in [-0.25, -0.2) is 0 Å². The highest BCUT2D eigenvalue weighted by molar-refractivity contribution is 7.14. The lowest BCUT2D eigenvalue weighted by molar-refractivity contribution is -0.116. The van der Waals surface area contributed by atoms with Crippen molar-refractivity contribution >= 4 is 28.7 Å². The van der Waals surface area contributed by atoms with E-state index in [0.29, 0.717) is 0 Å². The van der Waals surface area contributed by atoms with E-state index in [1.54, 1.807) is 0 Å². The minimum atomic E-state index is -0.148. The molecule has 0 saturated heterocycles. The highest BCUT2D eigenvalue weighted by Crippen LogP contribution is 2.27. The zero-order valence-electron chi connectivity index (χ0n) is 14.0. The molecule has 0 aliphatic carbocycles. The molecule has 4 heteroatoms. The van der Waals surface area contributed by atoms with E-state index in [0.717, 1.165) is 26.6 Å². The molecule has 0 radical (unpaired) electrons. The van der Waals surface area contributed by atoms with Crippen molar-refractivity contribution in [2.24, 2.45) is 0 Å². The van der Waals surface area contributed by atoms with E-state index in [-0.39, 0.29) is 24.5 Å². The van der Waals surface area contributed by atoms with Gasteiger partial charge in [0.2, 0.25) is 5.91 Å². The third-order valence-electron chi connectivity index (χ3n) is 3.88. The summed E-state index contributed by atoms with van der Waals surface area (Å²) in [5.74, 6) is -0.130. The van der Waals surface area contributed by atoms with Crippen molar-refractivity contribution < 1.29 is 9.59 Å². The predicted molar refractivity (Wildman–Crippen MR) is 103 cm³/mol. The molecular weight excluding hydrogens is 330 g/mol. The SMILES string of the molecule is Cc1ccc(C(=O)CCC(=O)Nc2ccccc2-c2ccccc2)s1. The lowest BCUT2D eigenvalue weighted by Crippen LogP contribution is -2.13. The highest BCUT2D eigenvalue weighted by atomic mass is 32.1. The summed E-state index contributed by atoms with van der Waals surface area (Å²) in [6.07, 6.45) is 0.401. The van der Waals surface area contributed by atoms with Crippen molar-refractivity contribution in [1.29, 1.82) is 0 Å². The Morgan fingerprint density at radius 2 is 1.60 bits per heavy atom. The molecule has 1 aromatic heterocycles. The number of Topliss-reactive ketones (excluding diaryl/α,β-unsaturated/α-hetero) is 1. The molecule has 3 nitrogen and oxygen atoms in total. The summed E-state index contributed by atoms with van der Waals surface area (Å²) in [6, 6.07) is 21.4. The van der Waals surface area contributed by atoms with Crippen LogP contribution in [-0.4, -0.2) is 11.7 Å². The van der Waals surface area contributed by atoms with E-state index in [9.17, 15) is 9.59 Å². The molecule has 0 aliphatic heterocycles. The molecule has 3 aromatic rings. The first-order valence-corrected chi connectivity index (χ1v) is 8.99. The Hall–Kier alpha value is -2.72. The van der Waals surface area contributed by atoms with Gasteiger partial charge in [-0.15, -0.1) is 11.3 Å². The third-order valence-corrected chi connectivity index (χ3v) is 4.92. The van der Waals surface area contributed by atoms with Gasteiger partial charge in [0.1, 0.15) is 0 Å². The molecule has 0 unspecified atom stereocenters. The zero-order valence-corrected chi connectivity index (χ0v) is 14.8. The van der Waals surface area contributed by atoms with Crippen molar-refractivity contribution in [2.45, 2.75) is 19.8 Å². The molecule has 0 atom stereocenters. The van der Waals surface area contributed by atoms with Crippen LogP contribution in [0.2, 0.25) is 0 Å². The van der Waals surface area contributed by atoms with Gasteiger partial charge in [0.25, 0.3) is 0 Å². The number of hydrogen-bond donors (Lipinski definition) is 1. The smallest absolute Gasteiger partial charge is 0.224 e. The van der Waals surface area contributed by atoms with Crippen LogP contribution in [0.15, 0.2) is 66.7 Å². The van der Waals surface area contributed by atoms with Gasteiger partial charge in [0.05, 0.1) is 4.88 Å². The number of rotatable bonds is 6. The summed E-state index contributed by atoms with van der Waals surface area (Å²) < 4.78 is 0. The van der Waals surface area contributed by atoms with Crippen molar-refractivity contribution in [1.82, 2.24) is 0 Å². The average Bonchev–Trinajstić information content (AvgIpc) is 3.07. The number of nitrogens with one attached hydrogen (secondary N) is 1. The van der Waals surface area contributed by atoms with Gasteiger partial charge in [-0.05, 0) is 30.7 Å². The number of amides is 1. The molecule has 0 fully saturated rings. The van der Waals surface area contributed by atoms with E-state index in [4.69, 9.17) is 0 Å². The van der Waals surface area contributed by atoms with Crippen molar-refractivity contribution in [3.05, 3.63) is 76.5 Å². The Morgan fingerprint density at radius 3 is 2.32 bits per heavy atom. The Kier molecular flexibility index (Phi) is 5.41. The highest BCUT2D eigenvalue weighted by Gasteiger charge is 2.12. The molecule has 1 N–H and O–H groups in total. The Balaban J connectivity index is 1.65. The van der Waals surface area contributed by atoms with Gasteiger partial charge in [0, 0.05) is 29.0 Å². The van der Waals surface area contributed by atoms with Crippen LogP contribution in [0, 0.1) is 6.92 Å². The summed E-state index contributed by atoms with van der Waals surface area (Å²) >= 11 is 1.47. The van der Waals surface area contributed by atoms with Gasteiger partial charge in [-0.2, -0.15) is 0 Å². The molecule has 1 amide bonds. The molecule has 126 valence electrons. The first-order chi connectivity index (χ1) is 12.1. The van der Waals surface area contributed by atoms with Crippen molar-refractivity contribution in [3.63, 3.8) is 0 Å². The number of para-hydroxylation sites is 1. The summed E-state index contributed by atoms with van der Waals surface area (Å²) in [4.78, 5) is 26.2. The Bertz CT molecular complexity index is 884. The fraction of sp³-hybridized carbons (Fsp3) is 0.143. The average molecular weight is 349 g/mol. The number of ketones is 1. The molecule has 0 aliphatic rings. The van der Waals surface area contributed by atoms with Gasteiger partial charge >= 0.3 is 0 Å². The maximum Gasteiger partial charge on any atom is 0.224 e. The van der Waals surface area contributed by atoms with E-state index in [1.165, 1.54) is 11.3 Å². The second-order valence-corrected chi connectivity index (χ2v) is 7.08. The number of carbonyl (C=O) groups excluding carboxylic acids is 2. The van der Waals surface area contributed by atoms with E-state index in [1.807, 2.05) is 73.7 Å². The van der Waals surface area contributed by atoms with Crippen LogP contribution in [0.5, 0.6) is 0 Å². The zero-order chi connectivity index (χ0) is 17.6. The topological polar surface area (TPSA) is 46.2 Å². The molecule has 0 bridgehead atoms. The summed E-state index contributed by atoms with van der Waals surface area (Å²) in [5, 5.41) is 2.93. The van der Waals surface area contributed by atoms with E-state index in [2.05, 4.69) is 5.32 Å². The summed E-state index contributed by atoms with van der Waals surface area (Å²) in [6.45, 7) is 1.97. The third kappa shape index (κ3) is 4.43. The second kappa shape index (κ2) is 7.90. The van der Waals surface area contributed by atoms with Crippen LogP contribution in [0.4, 0.5) is 5.69 Å². The normalized spacial score (nSPS) is 10.4. The van der Waals surface area contributed by atoms with Gasteiger partial charge in [-0.1, -0.05) is 48.5 Å². The molecule has 1 heterocycles. The number of anilines is 1. The predicted octanol–water partition coefficient (Wildman–Crippen LogP) is 5.33. The summed E-state index contributed by atoms with van der Waals surface area (Å²) in [5.41, 5.74) is 2.78. The molecule has 0 spiro atoms. The molecule has 25 heavy (non-hydrogen) atoms. The summed E-state index contributed by atoms with van der Waals surface area (Å²) in [7, 11) is 0. The molecule has 0 saturated carbocycles. The first-order valence-electron chi connectivity index (χ1n) is 8.17. The van der Waals surface area contributed by atoms with Gasteiger partial charge in [0.15, 0.2) is 5.78 Å². The standard InChI is InChI=1S/C21H19NO2S/c1-15-11-13-20(25-15)19(23)12-14-21(24)22-18-10-6-5-9-17(18)16-7-3-2-4-8-16/h2-11,13H,12,14H2,1H3,(H,22,24).